The van der Waals surface area contributed by atoms with E-state index in [9.17, 15) is 0 Å². The molecule has 0 bridgehead atoms. The highest BCUT2D eigenvalue weighted by Gasteiger charge is 1.98. The van der Waals surface area contributed by atoms with E-state index in [0.29, 0.717) is 16.7 Å². The van der Waals surface area contributed by atoms with Crippen LogP contribution in [-0.2, 0) is 0 Å². The first-order valence-electron chi connectivity index (χ1n) is 2.85. The van der Waals surface area contributed by atoms with E-state index in [1.165, 1.54) is 17.8 Å². The molecule has 0 fully saturated rings. The Morgan fingerprint density at radius 3 is 2.91 bits per heavy atom. The van der Waals surface area contributed by atoms with E-state index < -0.39 is 0 Å². The van der Waals surface area contributed by atoms with Gasteiger partial charge in [0.2, 0.25) is 0 Å². The molecular formula is C6H6N4S. The van der Waals surface area contributed by atoms with E-state index in [4.69, 9.17) is 11.0 Å². The van der Waals surface area contributed by atoms with Crippen molar-refractivity contribution >= 4 is 17.6 Å². The number of aromatic nitrogens is 2. The van der Waals surface area contributed by atoms with Crippen molar-refractivity contribution in [3.63, 3.8) is 0 Å². The van der Waals surface area contributed by atoms with Crippen molar-refractivity contribution in [3.8, 4) is 6.07 Å². The van der Waals surface area contributed by atoms with Crippen LogP contribution in [0.15, 0.2) is 11.2 Å². The van der Waals surface area contributed by atoms with E-state index in [1.807, 2.05) is 12.3 Å². The van der Waals surface area contributed by atoms with Crippen LogP contribution in [0.1, 0.15) is 5.69 Å². The summed E-state index contributed by atoms with van der Waals surface area (Å²) < 4.78 is 0. The topological polar surface area (TPSA) is 75.6 Å². The molecular weight excluding hydrogens is 160 g/mol. The number of hydrogen-bond acceptors (Lipinski definition) is 5. The Morgan fingerprint density at radius 2 is 2.36 bits per heavy atom. The van der Waals surface area contributed by atoms with Gasteiger partial charge in [-0.15, -0.1) is 0 Å². The van der Waals surface area contributed by atoms with Crippen LogP contribution in [0.3, 0.4) is 0 Å². The van der Waals surface area contributed by atoms with E-state index in [-0.39, 0.29) is 0 Å². The van der Waals surface area contributed by atoms with Crippen molar-refractivity contribution < 1.29 is 0 Å². The van der Waals surface area contributed by atoms with Crippen molar-refractivity contribution in [2.75, 3.05) is 12.0 Å². The van der Waals surface area contributed by atoms with Gasteiger partial charge in [-0.1, -0.05) is 11.8 Å². The molecule has 56 valence electrons. The Morgan fingerprint density at radius 1 is 1.64 bits per heavy atom. The molecule has 0 aliphatic heterocycles. The van der Waals surface area contributed by atoms with Gasteiger partial charge in [0.15, 0.2) is 5.16 Å². The molecule has 0 saturated carbocycles. The van der Waals surface area contributed by atoms with Crippen LogP contribution in [0, 0.1) is 11.3 Å². The number of nitrogens with zero attached hydrogens (tertiary/aromatic N) is 3. The van der Waals surface area contributed by atoms with Crippen LogP contribution < -0.4 is 5.73 Å². The van der Waals surface area contributed by atoms with Gasteiger partial charge in [-0.3, -0.25) is 0 Å². The predicted molar refractivity (Wildman–Crippen MR) is 42.9 cm³/mol. The van der Waals surface area contributed by atoms with Crippen LogP contribution in [0.5, 0.6) is 0 Å². The molecule has 1 aromatic rings. The van der Waals surface area contributed by atoms with Gasteiger partial charge < -0.3 is 5.73 Å². The van der Waals surface area contributed by atoms with Gasteiger partial charge in [0, 0.05) is 6.07 Å². The summed E-state index contributed by atoms with van der Waals surface area (Å²) in [5.41, 5.74) is 5.70. The zero-order valence-corrected chi connectivity index (χ0v) is 6.72. The molecule has 0 aliphatic rings. The molecule has 0 atom stereocenters. The highest BCUT2D eigenvalue weighted by molar-refractivity contribution is 7.98. The van der Waals surface area contributed by atoms with Crippen molar-refractivity contribution in [1.82, 2.24) is 9.97 Å². The Hall–Kier alpha value is -1.28. The van der Waals surface area contributed by atoms with Gasteiger partial charge in [0.25, 0.3) is 0 Å². The van der Waals surface area contributed by atoms with E-state index in [0.717, 1.165) is 0 Å². The molecule has 0 amide bonds. The summed E-state index contributed by atoms with van der Waals surface area (Å²) in [6.07, 6.45) is 1.83. The summed E-state index contributed by atoms with van der Waals surface area (Å²) in [4.78, 5) is 7.76. The number of nitriles is 1. The normalized spacial score (nSPS) is 9.09. The molecule has 1 rings (SSSR count). The molecule has 0 aromatic carbocycles. The number of anilines is 1. The van der Waals surface area contributed by atoms with Crippen molar-refractivity contribution in [2.45, 2.75) is 5.16 Å². The number of nitrogen functional groups attached to an aromatic ring is 1. The highest BCUT2D eigenvalue weighted by Crippen LogP contribution is 2.10. The van der Waals surface area contributed by atoms with Crippen LogP contribution in [0.4, 0.5) is 5.82 Å². The summed E-state index contributed by atoms with van der Waals surface area (Å²) in [5.74, 6) is 0.334. The fraction of sp³-hybridized carbons (Fsp3) is 0.167. The molecule has 0 saturated heterocycles. The highest BCUT2D eigenvalue weighted by atomic mass is 32.2. The second kappa shape index (κ2) is 3.21. The predicted octanol–water partition coefficient (Wildman–Crippen LogP) is 0.652. The van der Waals surface area contributed by atoms with E-state index in [1.54, 1.807) is 0 Å². The maximum atomic E-state index is 8.48. The Labute approximate surface area is 68.5 Å². The average molecular weight is 166 g/mol. The van der Waals surface area contributed by atoms with Gasteiger partial charge in [-0.25, -0.2) is 9.97 Å². The maximum absolute atomic E-state index is 8.48. The third-order valence-corrected chi connectivity index (χ3v) is 1.57. The van der Waals surface area contributed by atoms with Crippen LogP contribution in [0.2, 0.25) is 0 Å². The lowest BCUT2D eigenvalue weighted by Crippen LogP contribution is -1.96. The molecule has 2 N–H and O–H groups in total. The number of nitrogens with two attached hydrogens (primary N) is 1. The Bertz CT molecular complexity index is 304. The molecule has 11 heavy (non-hydrogen) atoms. The molecule has 1 aromatic heterocycles. The number of hydrogen-bond donors (Lipinski definition) is 1. The Balaban J connectivity index is 3.15. The second-order valence-electron chi connectivity index (χ2n) is 1.78. The van der Waals surface area contributed by atoms with E-state index >= 15 is 0 Å². The molecule has 0 aliphatic carbocycles. The second-order valence-corrected chi connectivity index (χ2v) is 2.55. The van der Waals surface area contributed by atoms with Crippen LogP contribution >= 0.6 is 11.8 Å². The molecule has 5 heteroatoms. The smallest absolute Gasteiger partial charge is 0.190 e. The Kier molecular flexibility index (Phi) is 2.28. The van der Waals surface area contributed by atoms with Gasteiger partial charge in [-0.05, 0) is 6.26 Å². The zero-order valence-electron chi connectivity index (χ0n) is 5.90. The largest absolute Gasteiger partial charge is 0.384 e. The van der Waals surface area contributed by atoms with Crippen molar-refractivity contribution in [2.24, 2.45) is 0 Å². The minimum absolute atomic E-state index is 0.307. The molecule has 1 heterocycles. The fourth-order valence-corrected chi connectivity index (χ4v) is 0.978. The first-order chi connectivity index (χ1) is 5.26. The minimum atomic E-state index is 0.307. The molecule has 0 spiro atoms. The number of thioether (sulfide) groups is 1. The SMILES string of the molecule is CSc1nc(N)cc(C#N)n1. The molecule has 4 nitrogen and oxygen atoms in total. The van der Waals surface area contributed by atoms with Gasteiger partial charge in [0.1, 0.15) is 17.6 Å². The molecule has 0 radical (unpaired) electrons. The third kappa shape index (κ3) is 1.82. The lowest BCUT2D eigenvalue weighted by Gasteiger charge is -1.96. The summed E-state index contributed by atoms with van der Waals surface area (Å²) in [6.45, 7) is 0. The summed E-state index contributed by atoms with van der Waals surface area (Å²) in [5, 5.41) is 9.01. The number of rotatable bonds is 1. The van der Waals surface area contributed by atoms with Crippen molar-refractivity contribution in [1.29, 1.82) is 5.26 Å². The van der Waals surface area contributed by atoms with Crippen LogP contribution in [0.25, 0.3) is 0 Å². The minimum Gasteiger partial charge on any atom is -0.384 e. The third-order valence-electron chi connectivity index (χ3n) is 1.02. The maximum Gasteiger partial charge on any atom is 0.190 e. The van der Waals surface area contributed by atoms with Gasteiger partial charge in [0.05, 0.1) is 0 Å². The van der Waals surface area contributed by atoms with Crippen LogP contribution in [-0.4, -0.2) is 16.2 Å². The summed E-state index contributed by atoms with van der Waals surface area (Å²) >= 11 is 1.36. The average Bonchev–Trinajstić information content (AvgIpc) is 2.03. The zero-order chi connectivity index (χ0) is 8.27. The van der Waals surface area contributed by atoms with Gasteiger partial charge >= 0.3 is 0 Å². The quantitative estimate of drug-likeness (QED) is 0.489. The summed E-state index contributed by atoms with van der Waals surface area (Å²) in [7, 11) is 0. The first kappa shape index (κ1) is 7.82. The van der Waals surface area contributed by atoms with E-state index in [2.05, 4.69) is 9.97 Å². The first-order valence-corrected chi connectivity index (χ1v) is 4.07. The lowest BCUT2D eigenvalue weighted by atomic mass is 10.4. The lowest BCUT2D eigenvalue weighted by molar-refractivity contribution is 0.964. The van der Waals surface area contributed by atoms with Gasteiger partial charge in [-0.2, -0.15) is 5.26 Å². The molecule has 0 unspecified atom stereocenters. The monoisotopic (exact) mass is 166 g/mol. The van der Waals surface area contributed by atoms with Crippen molar-refractivity contribution in [3.05, 3.63) is 11.8 Å². The standard InChI is InChI=1S/C6H6N4S/c1-11-6-9-4(3-7)2-5(8)10-6/h2H,1H3,(H2,8,9,10). The fourth-order valence-electron chi connectivity index (χ4n) is 0.592. The summed E-state index contributed by atoms with van der Waals surface area (Å²) in [6, 6.07) is 3.34.